The number of fused-ring (bicyclic) bond motifs is 1. The molecule has 2 aromatic heterocycles. The van der Waals surface area contributed by atoms with Crippen molar-refractivity contribution in [1.82, 2.24) is 19.9 Å². The number of nitrogens with zero attached hydrogens (tertiary/aromatic N) is 4. The lowest BCUT2D eigenvalue weighted by atomic mass is 10.3. The summed E-state index contributed by atoms with van der Waals surface area (Å²) in [7, 11) is 1.35. The number of aromatic nitrogens is 3. The average Bonchev–Trinajstić information content (AvgIpc) is 2.77. The molecule has 20 heavy (non-hydrogen) atoms. The molecule has 1 saturated heterocycles. The van der Waals surface area contributed by atoms with Gasteiger partial charge in [-0.1, -0.05) is 0 Å². The highest BCUT2D eigenvalue weighted by Crippen LogP contribution is 2.30. The van der Waals surface area contributed by atoms with Gasteiger partial charge >= 0.3 is 6.18 Å². The van der Waals surface area contributed by atoms with Crippen LogP contribution in [-0.4, -0.2) is 40.7 Å². The fourth-order valence-electron chi connectivity index (χ4n) is 2.39. The number of alkyl halides is 3. The van der Waals surface area contributed by atoms with E-state index < -0.39 is 12.0 Å². The van der Waals surface area contributed by atoms with E-state index in [1.165, 1.54) is 7.05 Å². The summed E-state index contributed by atoms with van der Waals surface area (Å²) >= 11 is 0. The van der Waals surface area contributed by atoms with Gasteiger partial charge in [-0.25, -0.2) is 9.97 Å². The van der Waals surface area contributed by atoms with E-state index in [4.69, 9.17) is 0 Å². The van der Waals surface area contributed by atoms with Crippen molar-refractivity contribution in [2.45, 2.75) is 6.18 Å². The van der Waals surface area contributed by atoms with Gasteiger partial charge in [-0.05, 0) is 12.1 Å². The minimum absolute atomic E-state index is 0.135. The lowest BCUT2D eigenvalue weighted by molar-refractivity contribution is -0.146. The van der Waals surface area contributed by atoms with Crippen LogP contribution in [0.4, 0.5) is 19.0 Å². The lowest BCUT2D eigenvalue weighted by Gasteiger charge is -2.28. The molecular weight excluding hydrogens is 271 g/mol. The number of pyridine rings is 1. The summed E-state index contributed by atoms with van der Waals surface area (Å²) < 4.78 is 39.5. The van der Waals surface area contributed by atoms with Crippen molar-refractivity contribution >= 4 is 17.0 Å². The van der Waals surface area contributed by atoms with Crippen LogP contribution in [0.1, 0.15) is 5.82 Å². The van der Waals surface area contributed by atoms with Gasteiger partial charge in [-0.15, -0.1) is 0 Å². The topological polar surface area (TPSA) is 46.0 Å². The van der Waals surface area contributed by atoms with Gasteiger partial charge in [0.25, 0.3) is 0 Å². The zero-order valence-corrected chi connectivity index (χ0v) is 10.9. The van der Waals surface area contributed by atoms with Crippen LogP contribution < -0.4 is 10.2 Å². The third-order valence-corrected chi connectivity index (χ3v) is 3.43. The molecule has 8 heteroatoms. The molecule has 0 aromatic carbocycles. The van der Waals surface area contributed by atoms with Crippen molar-refractivity contribution in [3.8, 4) is 0 Å². The van der Waals surface area contributed by atoms with Gasteiger partial charge in [-0.2, -0.15) is 13.2 Å². The molecule has 0 atom stereocenters. The highest BCUT2D eigenvalue weighted by Gasteiger charge is 2.37. The van der Waals surface area contributed by atoms with E-state index in [1.807, 2.05) is 4.90 Å². The highest BCUT2D eigenvalue weighted by molar-refractivity contribution is 5.74. The minimum atomic E-state index is -4.47. The van der Waals surface area contributed by atoms with Crippen molar-refractivity contribution in [1.29, 1.82) is 0 Å². The van der Waals surface area contributed by atoms with Crippen LogP contribution in [0, 0.1) is 0 Å². The number of halogens is 3. The maximum atomic E-state index is 12.8. The number of anilines is 1. The minimum Gasteiger partial charge on any atom is -0.354 e. The second-order valence-corrected chi connectivity index (χ2v) is 4.74. The van der Waals surface area contributed by atoms with E-state index in [9.17, 15) is 13.2 Å². The van der Waals surface area contributed by atoms with Crippen LogP contribution in [0.2, 0.25) is 0 Å². The Hall–Kier alpha value is -1.83. The van der Waals surface area contributed by atoms with Crippen LogP contribution in [-0.2, 0) is 13.2 Å². The highest BCUT2D eigenvalue weighted by atomic mass is 19.4. The quantitative estimate of drug-likeness (QED) is 0.860. The van der Waals surface area contributed by atoms with Crippen LogP contribution in [0.25, 0.3) is 11.2 Å². The molecule has 0 unspecified atom stereocenters. The summed E-state index contributed by atoms with van der Waals surface area (Å²) in [5.74, 6) is -0.247. The summed E-state index contributed by atoms with van der Waals surface area (Å²) in [6, 6.07) is 3.39. The van der Waals surface area contributed by atoms with Crippen molar-refractivity contribution in [2.75, 3.05) is 31.1 Å². The van der Waals surface area contributed by atoms with Gasteiger partial charge in [0.15, 0.2) is 5.65 Å². The molecule has 0 aliphatic carbocycles. The van der Waals surface area contributed by atoms with E-state index in [2.05, 4.69) is 15.3 Å². The van der Waals surface area contributed by atoms with Gasteiger partial charge in [0.1, 0.15) is 5.82 Å². The third kappa shape index (κ3) is 2.20. The summed E-state index contributed by atoms with van der Waals surface area (Å²) in [6.07, 6.45) is -4.47. The molecular formula is C12H14F3N5. The number of nitrogens with one attached hydrogen (secondary N) is 1. The van der Waals surface area contributed by atoms with Crippen molar-refractivity contribution < 1.29 is 13.2 Å². The molecule has 0 radical (unpaired) electrons. The smallest absolute Gasteiger partial charge is 0.354 e. The monoisotopic (exact) mass is 285 g/mol. The Balaban J connectivity index is 2.03. The van der Waals surface area contributed by atoms with Crippen LogP contribution in [0.15, 0.2) is 12.1 Å². The fourth-order valence-corrected chi connectivity index (χ4v) is 2.39. The molecule has 1 aliphatic rings. The summed E-state index contributed by atoms with van der Waals surface area (Å²) in [5.41, 5.74) is 0.520. The van der Waals surface area contributed by atoms with Crippen LogP contribution >= 0.6 is 0 Å². The Morgan fingerprint density at radius 3 is 2.50 bits per heavy atom. The first-order chi connectivity index (χ1) is 9.47. The summed E-state index contributed by atoms with van der Waals surface area (Å²) in [4.78, 5) is 9.92. The van der Waals surface area contributed by atoms with Gasteiger partial charge in [0.05, 0.1) is 5.52 Å². The van der Waals surface area contributed by atoms with Crippen molar-refractivity contribution in [2.24, 2.45) is 7.05 Å². The van der Waals surface area contributed by atoms with Crippen molar-refractivity contribution in [3.63, 3.8) is 0 Å². The standard InChI is InChI=1S/C12H14F3N5/c1-19-8-2-3-9(20-6-4-16-5-7-20)17-10(8)18-11(19)12(13,14)15/h2-3,16H,4-7H2,1H3. The molecule has 0 saturated carbocycles. The molecule has 0 bridgehead atoms. The number of hydrogen-bond donors (Lipinski definition) is 1. The van der Waals surface area contributed by atoms with Gasteiger partial charge in [0.2, 0.25) is 5.82 Å². The lowest BCUT2D eigenvalue weighted by Crippen LogP contribution is -2.43. The molecule has 1 aliphatic heterocycles. The summed E-state index contributed by atoms with van der Waals surface area (Å²) in [5, 5.41) is 3.22. The Labute approximate surface area is 113 Å². The molecule has 5 nitrogen and oxygen atoms in total. The number of aryl methyl sites for hydroxylation is 1. The van der Waals surface area contributed by atoms with E-state index in [1.54, 1.807) is 12.1 Å². The molecule has 0 amide bonds. The second kappa shape index (κ2) is 4.62. The number of piperazine rings is 1. The Morgan fingerprint density at radius 1 is 1.15 bits per heavy atom. The zero-order chi connectivity index (χ0) is 14.3. The van der Waals surface area contributed by atoms with E-state index in [0.717, 1.165) is 30.7 Å². The molecule has 108 valence electrons. The van der Waals surface area contributed by atoms with E-state index >= 15 is 0 Å². The molecule has 1 N–H and O–H groups in total. The van der Waals surface area contributed by atoms with Crippen LogP contribution in [0.3, 0.4) is 0 Å². The zero-order valence-electron chi connectivity index (χ0n) is 10.9. The molecule has 1 fully saturated rings. The predicted octanol–water partition coefficient (Wildman–Crippen LogP) is 1.40. The van der Waals surface area contributed by atoms with Crippen LogP contribution in [0.5, 0.6) is 0 Å². The Bertz CT molecular complexity index is 628. The molecule has 3 heterocycles. The van der Waals surface area contributed by atoms with Gasteiger partial charge in [0, 0.05) is 33.2 Å². The first kappa shape index (κ1) is 13.2. The molecule has 0 spiro atoms. The first-order valence-electron chi connectivity index (χ1n) is 6.33. The normalized spacial score (nSPS) is 16.9. The number of rotatable bonds is 1. The fraction of sp³-hybridized carbons (Fsp3) is 0.500. The van der Waals surface area contributed by atoms with Gasteiger partial charge in [-0.3, -0.25) is 0 Å². The number of imidazole rings is 1. The maximum Gasteiger partial charge on any atom is 0.449 e. The average molecular weight is 285 g/mol. The van der Waals surface area contributed by atoms with Gasteiger partial charge < -0.3 is 14.8 Å². The van der Waals surface area contributed by atoms with E-state index in [0.29, 0.717) is 11.3 Å². The second-order valence-electron chi connectivity index (χ2n) is 4.74. The SMILES string of the molecule is Cn1c(C(F)(F)F)nc2nc(N3CCNCC3)ccc21. The largest absolute Gasteiger partial charge is 0.449 e. The molecule has 3 rings (SSSR count). The van der Waals surface area contributed by atoms with E-state index in [-0.39, 0.29) is 5.65 Å². The number of hydrogen-bond acceptors (Lipinski definition) is 4. The summed E-state index contributed by atoms with van der Waals surface area (Å²) in [6.45, 7) is 3.26. The third-order valence-electron chi connectivity index (χ3n) is 3.43. The molecule has 2 aromatic rings. The Kier molecular flexibility index (Phi) is 3.04. The maximum absolute atomic E-state index is 12.8. The van der Waals surface area contributed by atoms with Crippen molar-refractivity contribution in [3.05, 3.63) is 18.0 Å². The Morgan fingerprint density at radius 2 is 1.85 bits per heavy atom. The first-order valence-corrected chi connectivity index (χ1v) is 6.33. The predicted molar refractivity (Wildman–Crippen MR) is 68.6 cm³/mol.